The summed E-state index contributed by atoms with van der Waals surface area (Å²) in [5.74, 6) is 2.90. The second-order valence-electron chi connectivity index (χ2n) is 10.4. The summed E-state index contributed by atoms with van der Waals surface area (Å²) in [5.41, 5.74) is 11.9. The van der Waals surface area contributed by atoms with Gasteiger partial charge in [-0.25, -0.2) is 0 Å². The summed E-state index contributed by atoms with van der Waals surface area (Å²) in [6.07, 6.45) is 9.46. The van der Waals surface area contributed by atoms with Crippen molar-refractivity contribution < 1.29 is 5.11 Å². The van der Waals surface area contributed by atoms with E-state index in [0.29, 0.717) is 6.54 Å². The largest absolute Gasteiger partial charge is 0.855 e. The number of thioether (sulfide) groups is 2. The molecule has 1 aliphatic carbocycles. The molecule has 7 rings (SSSR count). The summed E-state index contributed by atoms with van der Waals surface area (Å²) in [4.78, 5) is 6.05. The molecular weight excluding hydrogens is 580 g/mol. The van der Waals surface area contributed by atoms with Crippen LogP contribution in [0.3, 0.4) is 0 Å². The van der Waals surface area contributed by atoms with Gasteiger partial charge in [0.15, 0.2) is 5.92 Å². The van der Waals surface area contributed by atoms with Crippen LogP contribution in [0.4, 0.5) is 0 Å². The van der Waals surface area contributed by atoms with Crippen molar-refractivity contribution in [3.8, 4) is 11.3 Å². The number of halogens is 1. The zero-order valence-corrected chi connectivity index (χ0v) is 27.1. The normalized spacial score (nSPS) is 14.6. The van der Waals surface area contributed by atoms with Gasteiger partial charge in [0.05, 0.1) is 11.4 Å². The van der Waals surface area contributed by atoms with Gasteiger partial charge in [-0.2, -0.15) is 11.1 Å². The zero-order chi connectivity index (χ0) is 29.2. The van der Waals surface area contributed by atoms with E-state index in [1.165, 1.54) is 38.2 Å². The Labute approximate surface area is 258 Å². The molecule has 3 nitrogen and oxygen atoms in total. The number of fused-ring (bicyclic) bond motifs is 6. The standard InChI is InChI=1S/C15H11NS.C9H7OS.C7H9N.C3H9ClSi/c1-3-7-13-10(5-1)12-9-17-14-8-4-2-6-11(14)15(12)16-13;10-8-5-6-11-9-4-2-1-3-7(8)9;8-6-7-4-2-1-3-5-7;1-5(2,3)4/h1-8,16H,9H2;1-5H,6H2;1-5H,6,8H2;1-3H3/q;+1;;. The van der Waals surface area contributed by atoms with Crippen molar-refractivity contribution in [2.75, 3.05) is 5.75 Å². The maximum Gasteiger partial charge on any atom is 0.201 e. The van der Waals surface area contributed by atoms with Crippen molar-refractivity contribution in [3.05, 3.63) is 137 Å². The first-order valence-electron chi connectivity index (χ1n) is 13.6. The summed E-state index contributed by atoms with van der Waals surface area (Å²) >= 11 is 9.32. The fraction of sp³-hybridized carbons (Fsp3) is 0.176. The summed E-state index contributed by atoms with van der Waals surface area (Å²) in [6.45, 7) is 6.92. The molecule has 41 heavy (non-hydrogen) atoms. The van der Waals surface area contributed by atoms with E-state index in [0.717, 1.165) is 22.3 Å². The Morgan fingerprint density at radius 1 is 0.976 bits per heavy atom. The summed E-state index contributed by atoms with van der Waals surface area (Å²) in [7, 11) is -1.14. The Balaban J connectivity index is 0.000000140. The molecule has 0 radical (unpaired) electrons. The van der Waals surface area contributed by atoms with Crippen molar-refractivity contribution >= 4 is 52.9 Å². The molecular formula is C34H36ClN2OS2Si+. The molecule has 7 heteroatoms. The van der Waals surface area contributed by atoms with E-state index < -0.39 is 7.38 Å². The van der Waals surface area contributed by atoms with Crippen LogP contribution in [0.1, 0.15) is 11.1 Å². The molecule has 0 saturated carbocycles. The number of hydrogen-bond acceptors (Lipinski definition) is 4. The third-order valence-corrected chi connectivity index (χ3v) is 8.18. The quantitative estimate of drug-likeness (QED) is 0.127. The van der Waals surface area contributed by atoms with Crippen molar-refractivity contribution in [1.82, 2.24) is 4.98 Å². The molecule has 2 aliphatic heterocycles. The molecule has 0 atom stereocenters. The lowest BCUT2D eigenvalue weighted by molar-refractivity contribution is -0.300. The molecule has 1 aromatic heterocycles. The van der Waals surface area contributed by atoms with Gasteiger partial charge in [0.1, 0.15) is 32.0 Å². The van der Waals surface area contributed by atoms with Crippen LogP contribution in [0.15, 0.2) is 119 Å². The van der Waals surface area contributed by atoms with E-state index in [1.807, 2.05) is 66.7 Å². The van der Waals surface area contributed by atoms with Gasteiger partial charge in [-0.1, -0.05) is 86.4 Å². The minimum Gasteiger partial charge on any atom is -0.855 e. The lowest BCUT2D eigenvalue weighted by atomic mass is 10.0. The van der Waals surface area contributed by atoms with Gasteiger partial charge in [-0.3, -0.25) is 0 Å². The lowest BCUT2D eigenvalue weighted by Crippen LogP contribution is -2.17. The number of nitrogens with two attached hydrogens (primary N) is 1. The molecule has 3 heterocycles. The first-order valence-corrected chi connectivity index (χ1v) is 20.1. The highest BCUT2D eigenvalue weighted by Crippen LogP contribution is 2.43. The average Bonchev–Trinajstić information content (AvgIpc) is 3.37. The second kappa shape index (κ2) is 14.8. The fourth-order valence-electron chi connectivity index (χ4n) is 4.26. The van der Waals surface area contributed by atoms with E-state index in [2.05, 4.69) is 73.2 Å². The number of H-pyrrole nitrogens is 1. The number of nitrogens with one attached hydrogen (secondary N) is 1. The number of allylic oxidation sites excluding steroid dienone is 3. The Kier molecular flexibility index (Phi) is 11.3. The molecule has 0 fully saturated rings. The SMILES string of the molecule is C[Si](C)(C)Cl.NCc1ccccc1.[O-]C1=CCSC2=C[CH+]C=C[C+]12.c1ccc2c(c1)SCc1c-2[nH]c2ccccc12. The zero-order valence-electron chi connectivity index (χ0n) is 23.7. The Hall–Kier alpha value is -2.87. The topological polar surface area (TPSA) is 64.9 Å². The number of rotatable bonds is 1. The Morgan fingerprint density at radius 3 is 2.37 bits per heavy atom. The van der Waals surface area contributed by atoms with Crippen molar-refractivity contribution in [2.45, 2.75) is 36.8 Å². The van der Waals surface area contributed by atoms with Crippen LogP contribution in [-0.2, 0) is 12.3 Å². The molecule has 210 valence electrons. The molecule has 4 aromatic rings. The van der Waals surface area contributed by atoms with E-state index in [9.17, 15) is 5.11 Å². The van der Waals surface area contributed by atoms with Crippen LogP contribution in [0, 0.1) is 12.3 Å². The van der Waals surface area contributed by atoms with E-state index in [4.69, 9.17) is 16.8 Å². The Bertz CT molecular complexity index is 1520. The predicted molar refractivity (Wildman–Crippen MR) is 182 cm³/mol. The molecule has 0 bridgehead atoms. The molecule has 3 N–H and O–H groups in total. The molecule has 0 spiro atoms. The van der Waals surface area contributed by atoms with Crippen LogP contribution in [0.5, 0.6) is 0 Å². The van der Waals surface area contributed by atoms with Gasteiger partial charge in [0.25, 0.3) is 0 Å². The maximum atomic E-state index is 11.2. The summed E-state index contributed by atoms with van der Waals surface area (Å²) in [5, 5.41) is 12.6. The van der Waals surface area contributed by atoms with Crippen molar-refractivity contribution in [3.63, 3.8) is 0 Å². The average molecular weight is 616 g/mol. The smallest absolute Gasteiger partial charge is 0.201 e. The van der Waals surface area contributed by atoms with Crippen molar-refractivity contribution in [2.24, 2.45) is 5.73 Å². The number of aromatic amines is 1. The third kappa shape index (κ3) is 9.06. The summed E-state index contributed by atoms with van der Waals surface area (Å²) < 4.78 is 0. The van der Waals surface area contributed by atoms with Gasteiger partial charge in [-0.05, 0) is 41.1 Å². The lowest BCUT2D eigenvalue weighted by Gasteiger charge is -2.16. The minimum atomic E-state index is -1.14. The molecule has 3 aromatic carbocycles. The molecule has 0 amide bonds. The maximum absolute atomic E-state index is 11.2. The van der Waals surface area contributed by atoms with E-state index in [-0.39, 0.29) is 5.76 Å². The first kappa shape index (κ1) is 31.1. The first-order chi connectivity index (χ1) is 19.7. The van der Waals surface area contributed by atoms with Crippen LogP contribution in [-0.4, -0.2) is 18.1 Å². The van der Waals surface area contributed by atoms with E-state index >= 15 is 0 Å². The third-order valence-electron chi connectivity index (χ3n) is 6.08. The highest BCUT2D eigenvalue weighted by Gasteiger charge is 2.31. The van der Waals surface area contributed by atoms with Crippen LogP contribution >= 0.6 is 34.6 Å². The summed E-state index contributed by atoms with van der Waals surface area (Å²) in [6, 6.07) is 27.2. The number of benzene rings is 3. The van der Waals surface area contributed by atoms with Crippen LogP contribution < -0.4 is 10.8 Å². The molecule has 0 saturated heterocycles. The van der Waals surface area contributed by atoms with E-state index in [1.54, 1.807) is 17.8 Å². The van der Waals surface area contributed by atoms with Crippen LogP contribution in [0.2, 0.25) is 19.6 Å². The number of para-hydroxylation sites is 1. The van der Waals surface area contributed by atoms with Gasteiger partial charge >= 0.3 is 0 Å². The number of hydrogen-bond donors (Lipinski definition) is 2. The minimum absolute atomic E-state index is 0.166. The van der Waals surface area contributed by atoms with Gasteiger partial charge in [-0.15, -0.1) is 11.8 Å². The highest BCUT2D eigenvalue weighted by molar-refractivity contribution is 8.03. The molecule has 3 aliphatic rings. The Morgan fingerprint density at radius 2 is 1.66 bits per heavy atom. The molecule has 0 unspecified atom stereocenters. The van der Waals surface area contributed by atoms with Gasteiger partial charge < -0.3 is 15.8 Å². The predicted octanol–water partition coefficient (Wildman–Crippen LogP) is 8.86. The van der Waals surface area contributed by atoms with Gasteiger partial charge in [0.2, 0.25) is 4.91 Å². The fourth-order valence-corrected chi connectivity index (χ4v) is 6.27. The monoisotopic (exact) mass is 615 g/mol. The highest BCUT2D eigenvalue weighted by atomic mass is 35.6. The number of aromatic nitrogens is 1. The van der Waals surface area contributed by atoms with Gasteiger partial charge in [0, 0.05) is 39.4 Å². The second-order valence-corrected chi connectivity index (χ2v) is 20.1. The van der Waals surface area contributed by atoms with Crippen LogP contribution in [0.25, 0.3) is 22.2 Å². The van der Waals surface area contributed by atoms with Crippen molar-refractivity contribution in [1.29, 1.82) is 0 Å².